The van der Waals surface area contributed by atoms with E-state index >= 15 is 0 Å². The van der Waals surface area contributed by atoms with Crippen molar-refractivity contribution in [3.63, 3.8) is 0 Å². The van der Waals surface area contributed by atoms with Crippen LogP contribution in [0.5, 0.6) is 0 Å². The maximum absolute atomic E-state index is 12.1. The summed E-state index contributed by atoms with van der Waals surface area (Å²) in [4.78, 5) is 20.2. The summed E-state index contributed by atoms with van der Waals surface area (Å²) in [5, 5.41) is 12.3. The number of rotatable bonds is 7. The second-order valence-corrected chi connectivity index (χ2v) is 6.52. The monoisotopic (exact) mass is 386 g/mol. The van der Waals surface area contributed by atoms with Gasteiger partial charge in [0.25, 0.3) is 0 Å². The summed E-state index contributed by atoms with van der Waals surface area (Å²) in [6.07, 6.45) is 6.63. The van der Waals surface area contributed by atoms with Crippen LogP contribution < -0.4 is 5.32 Å². The van der Waals surface area contributed by atoms with Crippen LogP contribution in [0.4, 0.5) is 5.82 Å². The minimum atomic E-state index is -0.191. The number of thioether (sulfide) groups is 1. The van der Waals surface area contributed by atoms with Gasteiger partial charge >= 0.3 is 0 Å². The van der Waals surface area contributed by atoms with E-state index in [9.17, 15) is 4.79 Å². The Morgan fingerprint density at radius 1 is 1.27 bits per heavy atom. The number of anilines is 1. The first kappa shape index (κ1) is 18.1. The second kappa shape index (κ2) is 8.59. The molecule has 0 unspecified atom stereocenters. The van der Waals surface area contributed by atoms with Gasteiger partial charge in [-0.15, -0.1) is 16.8 Å². The van der Waals surface area contributed by atoms with Gasteiger partial charge in [-0.3, -0.25) is 14.3 Å². The van der Waals surface area contributed by atoms with Gasteiger partial charge in [0.2, 0.25) is 5.91 Å². The third-order valence-electron chi connectivity index (χ3n) is 3.29. The van der Waals surface area contributed by atoms with Crippen molar-refractivity contribution in [2.24, 2.45) is 0 Å². The highest BCUT2D eigenvalue weighted by Gasteiger charge is 2.15. The predicted molar refractivity (Wildman–Crippen MR) is 102 cm³/mol. The molecule has 0 saturated carbocycles. The maximum atomic E-state index is 12.1. The number of allylic oxidation sites excluding steroid dienone is 1. The zero-order chi connectivity index (χ0) is 18.4. The fourth-order valence-corrected chi connectivity index (χ4v) is 3.02. The molecule has 0 fully saturated rings. The summed E-state index contributed by atoms with van der Waals surface area (Å²) in [6.45, 7) is 4.31. The number of hydrogen-bond donors (Lipinski definition) is 1. The molecule has 3 aromatic heterocycles. The van der Waals surface area contributed by atoms with Crippen LogP contribution in [0.3, 0.4) is 0 Å². The number of hydrogen-bond acceptors (Lipinski definition) is 6. The fourth-order valence-electron chi connectivity index (χ4n) is 2.16. The van der Waals surface area contributed by atoms with Crippen molar-refractivity contribution in [3.05, 3.63) is 60.5 Å². The van der Waals surface area contributed by atoms with Gasteiger partial charge in [-0.05, 0) is 24.3 Å². The van der Waals surface area contributed by atoms with Gasteiger partial charge in [0.1, 0.15) is 5.82 Å². The molecule has 26 heavy (non-hydrogen) atoms. The molecule has 1 amide bonds. The summed E-state index contributed by atoms with van der Waals surface area (Å²) in [5.41, 5.74) is 0.899. The Morgan fingerprint density at radius 3 is 2.77 bits per heavy atom. The van der Waals surface area contributed by atoms with Gasteiger partial charge in [-0.1, -0.05) is 29.4 Å². The SMILES string of the molecule is C=CCn1c(SCC(=O)Nc2ccc(Cl)cn2)nnc1-c1ccncc1. The minimum absolute atomic E-state index is 0.177. The van der Waals surface area contributed by atoms with E-state index in [1.54, 1.807) is 30.6 Å². The Bertz CT molecular complexity index is 897. The topological polar surface area (TPSA) is 85.6 Å². The van der Waals surface area contributed by atoms with Gasteiger partial charge in [-0.2, -0.15) is 0 Å². The van der Waals surface area contributed by atoms with Crippen molar-refractivity contribution in [2.75, 3.05) is 11.1 Å². The van der Waals surface area contributed by atoms with Crippen molar-refractivity contribution < 1.29 is 4.79 Å². The van der Waals surface area contributed by atoms with E-state index in [0.717, 1.165) is 5.56 Å². The number of nitrogens with one attached hydrogen (secondary N) is 1. The zero-order valence-electron chi connectivity index (χ0n) is 13.7. The lowest BCUT2D eigenvalue weighted by atomic mass is 10.2. The predicted octanol–water partition coefficient (Wildman–Crippen LogP) is 3.31. The van der Waals surface area contributed by atoms with Crippen LogP contribution in [-0.4, -0.2) is 36.4 Å². The number of carbonyl (C=O) groups excluding carboxylic acids is 1. The summed E-state index contributed by atoms with van der Waals surface area (Å²) < 4.78 is 1.90. The molecule has 0 bridgehead atoms. The first-order chi connectivity index (χ1) is 12.7. The van der Waals surface area contributed by atoms with Gasteiger partial charge < -0.3 is 5.32 Å². The number of pyridine rings is 2. The van der Waals surface area contributed by atoms with Crippen LogP contribution in [0.1, 0.15) is 0 Å². The first-order valence-electron chi connectivity index (χ1n) is 7.66. The molecule has 0 saturated heterocycles. The molecule has 3 rings (SSSR count). The standard InChI is InChI=1S/C17H15ClN6OS/c1-2-9-24-16(12-5-7-19-8-6-12)22-23-17(24)26-11-15(25)21-14-4-3-13(18)10-20-14/h2-8,10H,1,9,11H2,(H,20,21,25). The summed E-state index contributed by atoms with van der Waals surface area (Å²) in [7, 11) is 0. The van der Waals surface area contributed by atoms with Crippen LogP contribution in [0.15, 0.2) is 60.7 Å². The van der Waals surface area contributed by atoms with E-state index < -0.39 is 0 Å². The number of amides is 1. The third kappa shape index (κ3) is 4.47. The van der Waals surface area contributed by atoms with E-state index in [1.165, 1.54) is 18.0 Å². The Morgan fingerprint density at radius 2 is 2.08 bits per heavy atom. The molecule has 9 heteroatoms. The fraction of sp³-hybridized carbons (Fsp3) is 0.118. The Labute approximate surface area is 159 Å². The molecule has 0 aliphatic rings. The molecule has 0 radical (unpaired) electrons. The van der Waals surface area contributed by atoms with E-state index in [1.807, 2.05) is 16.7 Å². The molecule has 132 valence electrons. The highest BCUT2D eigenvalue weighted by atomic mass is 35.5. The average molecular weight is 387 g/mol. The summed E-state index contributed by atoms with van der Waals surface area (Å²) in [5.74, 6) is 1.14. The molecule has 3 heterocycles. The maximum Gasteiger partial charge on any atom is 0.236 e. The molecule has 0 aliphatic carbocycles. The van der Waals surface area contributed by atoms with Crippen LogP contribution in [0.25, 0.3) is 11.4 Å². The van der Waals surface area contributed by atoms with Crippen LogP contribution in [-0.2, 0) is 11.3 Å². The van der Waals surface area contributed by atoms with Gasteiger partial charge in [0, 0.05) is 30.7 Å². The van der Waals surface area contributed by atoms with Crippen molar-refractivity contribution in [1.29, 1.82) is 0 Å². The summed E-state index contributed by atoms with van der Waals surface area (Å²) in [6, 6.07) is 7.03. The van der Waals surface area contributed by atoms with Crippen molar-refractivity contribution in [2.45, 2.75) is 11.7 Å². The molecular weight excluding hydrogens is 372 g/mol. The summed E-state index contributed by atoms with van der Waals surface area (Å²) >= 11 is 7.07. The molecule has 0 spiro atoms. The lowest BCUT2D eigenvalue weighted by molar-refractivity contribution is -0.113. The van der Waals surface area contributed by atoms with Gasteiger partial charge in [0.05, 0.1) is 10.8 Å². The number of aromatic nitrogens is 5. The van der Waals surface area contributed by atoms with Gasteiger partial charge in [0.15, 0.2) is 11.0 Å². The normalized spacial score (nSPS) is 10.5. The molecule has 0 atom stereocenters. The molecular formula is C17H15ClN6OS. The Kier molecular flexibility index (Phi) is 5.98. The minimum Gasteiger partial charge on any atom is -0.310 e. The zero-order valence-corrected chi connectivity index (χ0v) is 15.2. The van der Waals surface area contributed by atoms with Crippen molar-refractivity contribution >= 4 is 35.1 Å². The highest BCUT2D eigenvalue weighted by Crippen LogP contribution is 2.23. The van der Waals surface area contributed by atoms with Crippen LogP contribution in [0, 0.1) is 0 Å². The largest absolute Gasteiger partial charge is 0.310 e. The average Bonchev–Trinajstić information content (AvgIpc) is 3.06. The van der Waals surface area contributed by atoms with Crippen LogP contribution >= 0.6 is 23.4 Å². The molecule has 0 aromatic carbocycles. The second-order valence-electron chi connectivity index (χ2n) is 5.14. The molecule has 3 aromatic rings. The number of carbonyl (C=O) groups is 1. The third-order valence-corrected chi connectivity index (χ3v) is 4.48. The smallest absolute Gasteiger partial charge is 0.236 e. The van der Waals surface area contributed by atoms with Crippen LogP contribution in [0.2, 0.25) is 5.02 Å². The Hall–Kier alpha value is -2.71. The van der Waals surface area contributed by atoms with E-state index in [0.29, 0.717) is 28.4 Å². The molecule has 7 nitrogen and oxygen atoms in total. The number of halogens is 1. The Balaban J connectivity index is 1.69. The van der Waals surface area contributed by atoms with Crippen molar-refractivity contribution in [3.8, 4) is 11.4 Å². The quantitative estimate of drug-likeness (QED) is 0.495. The molecule has 0 aliphatic heterocycles. The lowest BCUT2D eigenvalue weighted by Crippen LogP contribution is -2.15. The highest BCUT2D eigenvalue weighted by molar-refractivity contribution is 7.99. The first-order valence-corrected chi connectivity index (χ1v) is 9.02. The van der Waals surface area contributed by atoms with Crippen molar-refractivity contribution in [1.82, 2.24) is 24.7 Å². The molecule has 1 N–H and O–H groups in total. The number of nitrogens with zero attached hydrogens (tertiary/aromatic N) is 5. The van der Waals surface area contributed by atoms with E-state index in [2.05, 4.69) is 32.1 Å². The van der Waals surface area contributed by atoms with Gasteiger partial charge in [-0.25, -0.2) is 4.98 Å². The lowest BCUT2D eigenvalue weighted by Gasteiger charge is -2.08. The van der Waals surface area contributed by atoms with E-state index in [4.69, 9.17) is 11.6 Å². The van der Waals surface area contributed by atoms with E-state index in [-0.39, 0.29) is 11.7 Å².